The smallest absolute Gasteiger partial charge is 0.398 e. The molecule has 1 rings (SSSR count). The highest BCUT2D eigenvalue weighted by Gasteiger charge is 2.39. The quantitative estimate of drug-likeness (QED) is 0.407. The monoisotopic (exact) mass is 315 g/mol. The van der Waals surface area contributed by atoms with E-state index in [4.69, 9.17) is 19.0 Å². The highest BCUT2D eigenvalue weighted by Crippen LogP contribution is 2.28. The molecule has 0 aliphatic carbocycles. The molecule has 0 spiro atoms. The molecule has 2 N–H and O–H groups in total. The van der Waals surface area contributed by atoms with Crippen LogP contribution < -0.4 is 5.73 Å². The van der Waals surface area contributed by atoms with Crippen molar-refractivity contribution in [1.82, 2.24) is 0 Å². The van der Waals surface area contributed by atoms with Crippen molar-refractivity contribution in [2.45, 2.75) is 31.7 Å². The van der Waals surface area contributed by atoms with Gasteiger partial charge in [0.1, 0.15) is 0 Å². The number of hydrogen-bond acceptors (Lipinski definition) is 5. The SMILES string of the molecule is CCO[Si](CCSc1ccccc1N)(OCC)OCC. The van der Waals surface area contributed by atoms with Gasteiger partial charge in [0.15, 0.2) is 0 Å². The number of benzene rings is 1. The van der Waals surface area contributed by atoms with Crippen LogP contribution in [0.4, 0.5) is 5.69 Å². The van der Waals surface area contributed by atoms with E-state index >= 15 is 0 Å². The first-order valence-corrected chi connectivity index (χ1v) is 9.98. The van der Waals surface area contributed by atoms with Crippen molar-refractivity contribution in [2.24, 2.45) is 0 Å². The van der Waals surface area contributed by atoms with Crippen LogP contribution >= 0.6 is 11.8 Å². The zero-order valence-electron chi connectivity index (χ0n) is 12.6. The van der Waals surface area contributed by atoms with E-state index < -0.39 is 8.80 Å². The van der Waals surface area contributed by atoms with Crippen molar-refractivity contribution in [1.29, 1.82) is 0 Å². The van der Waals surface area contributed by atoms with Gasteiger partial charge in [-0.25, -0.2) is 0 Å². The first-order chi connectivity index (χ1) is 9.67. The van der Waals surface area contributed by atoms with Crippen LogP contribution in [0, 0.1) is 0 Å². The van der Waals surface area contributed by atoms with Gasteiger partial charge in [-0.2, -0.15) is 0 Å². The van der Waals surface area contributed by atoms with Gasteiger partial charge in [-0.05, 0) is 32.9 Å². The van der Waals surface area contributed by atoms with E-state index in [9.17, 15) is 0 Å². The van der Waals surface area contributed by atoms with Crippen LogP contribution in [0.15, 0.2) is 29.2 Å². The Labute approximate surface area is 127 Å². The molecule has 0 aliphatic rings. The molecule has 0 saturated heterocycles. The number of para-hydroxylation sites is 1. The molecule has 6 heteroatoms. The minimum absolute atomic E-state index is 0.615. The van der Waals surface area contributed by atoms with Crippen molar-refractivity contribution >= 4 is 26.3 Å². The van der Waals surface area contributed by atoms with Gasteiger partial charge in [-0.1, -0.05) is 12.1 Å². The van der Waals surface area contributed by atoms with Crippen LogP contribution in [-0.2, 0) is 13.3 Å². The molecular weight excluding hydrogens is 290 g/mol. The Kier molecular flexibility index (Phi) is 8.24. The summed E-state index contributed by atoms with van der Waals surface area (Å²) in [6, 6.07) is 8.68. The van der Waals surface area contributed by atoms with Crippen LogP contribution in [0.2, 0.25) is 6.04 Å². The Balaban J connectivity index is 2.59. The highest BCUT2D eigenvalue weighted by atomic mass is 32.2. The zero-order chi connectivity index (χ0) is 14.8. The van der Waals surface area contributed by atoms with Crippen molar-refractivity contribution < 1.29 is 13.3 Å². The van der Waals surface area contributed by atoms with Gasteiger partial charge >= 0.3 is 8.80 Å². The minimum Gasteiger partial charge on any atom is -0.398 e. The Hall–Kier alpha value is -0.533. The summed E-state index contributed by atoms with van der Waals surface area (Å²) in [5.74, 6) is 0.875. The molecule has 0 heterocycles. The maximum Gasteiger partial charge on any atom is 0.501 e. The van der Waals surface area contributed by atoms with Crippen molar-refractivity contribution in [3.05, 3.63) is 24.3 Å². The number of nitrogens with two attached hydrogens (primary N) is 1. The average Bonchev–Trinajstić information content (AvgIpc) is 2.42. The van der Waals surface area contributed by atoms with Crippen molar-refractivity contribution in [3.63, 3.8) is 0 Å². The molecule has 20 heavy (non-hydrogen) atoms. The predicted molar refractivity (Wildman–Crippen MR) is 87.0 cm³/mol. The molecule has 0 aromatic heterocycles. The number of anilines is 1. The molecular formula is C14H25NO3SSi. The summed E-state index contributed by atoms with van der Waals surface area (Å²) in [5.41, 5.74) is 6.76. The van der Waals surface area contributed by atoms with E-state index in [1.165, 1.54) is 0 Å². The Morgan fingerprint density at radius 1 is 1.00 bits per heavy atom. The van der Waals surface area contributed by atoms with Crippen LogP contribution in [0.5, 0.6) is 0 Å². The van der Waals surface area contributed by atoms with Crippen molar-refractivity contribution in [3.8, 4) is 0 Å². The normalized spacial score (nSPS) is 11.8. The van der Waals surface area contributed by atoms with E-state index in [0.717, 1.165) is 22.4 Å². The lowest BCUT2D eigenvalue weighted by molar-refractivity contribution is 0.0728. The number of thioether (sulfide) groups is 1. The molecule has 0 aliphatic heterocycles. The maximum absolute atomic E-state index is 5.94. The molecule has 114 valence electrons. The fraction of sp³-hybridized carbons (Fsp3) is 0.571. The summed E-state index contributed by atoms with van der Waals surface area (Å²) in [6.07, 6.45) is 0. The lowest BCUT2D eigenvalue weighted by Crippen LogP contribution is -2.46. The van der Waals surface area contributed by atoms with Gasteiger partial charge in [-0.15, -0.1) is 11.8 Å². The summed E-state index contributed by atoms with van der Waals surface area (Å²) in [5, 5.41) is 0. The average molecular weight is 316 g/mol. The van der Waals surface area contributed by atoms with Crippen LogP contribution in [-0.4, -0.2) is 34.4 Å². The second kappa shape index (κ2) is 9.41. The maximum atomic E-state index is 5.94. The van der Waals surface area contributed by atoms with Crippen LogP contribution in [0.3, 0.4) is 0 Å². The fourth-order valence-electron chi connectivity index (χ4n) is 1.90. The number of nitrogen functional groups attached to an aromatic ring is 1. The number of rotatable bonds is 10. The molecule has 0 amide bonds. The zero-order valence-corrected chi connectivity index (χ0v) is 14.4. The van der Waals surface area contributed by atoms with Gasteiger partial charge < -0.3 is 19.0 Å². The van der Waals surface area contributed by atoms with Crippen molar-refractivity contribution in [2.75, 3.05) is 31.3 Å². The third-order valence-electron chi connectivity index (χ3n) is 2.68. The molecule has 0 bridgehead atoms. The van der Waals surface area contributed by atoms with E-state index in [2.05, 4.69) is 0 Å². The number of hydrogen-bond donors (Lipinski definition) is 1. The topological polar surface area (TPSA) is 53.7 Å². The highest BCUT2D eigenvalue weighted by molar-refractivity contribution is 7.99. The predicted octanol–water partition coefficient (Wildman–Crippen LogP) is 3.41. The first kappa shape index (κ1) is 17.5. The molecule has 0 atom stereocenters. The molecule has 1 aromatic rings. The van der Waals surface area contributed by atoms with E-state index in [-0.39, 0.29) is 0 Å². The standard InChI is InChI=1S/C14H25NO3SSi/c1-4-16-20(17-5-2,18-6-3)12-11-19-14-10-8-7-9-13(14)15/h7-10H,4-6,11-12,15H2,1-3H3. The summed E-state index contributed by atoms with van der Waals surface area (Å²) >= 11 is 1.72. The molecule has 0 unspecified atom stereocenters. The lowest BCUT2D eigenvalue weighted by atomic mass is 10.3. The third-order valence-corrected chi connectivity index (χ3v) is 7.18. The van der Waals surface area contributed by atoms with Crippen LogP contribution in [0.1, 0.15) is 20.8 Å². The molecule has 0 radical (unpaired) electrons. The van der Waals surface area contributed by atoms with Gasteiger partial charge in [0.25, 0.3) is 0 Å². The molecule has 1 aromatic carbocycles. The second-order valence-electron chi connectivity index (χ2n) is 4.12. The largest absolute Gasteiger partial charge is 0.501 e. The van der Waals surface area contributed by atoms with Gasteiger partial charge in [0.05, 0.1) is 0 Å². The van der Waals surface area contributed by atoms with Gasteiger partial charge in [0, 0.05) is 42.2 Å². The Bertz CT molecular complexity index is 375. The summed E-state index contributed by atoms with van der Waals surface area (Å²) < 4.78 is 17.5. The first-order valence-electron chi connectivity index (χ1n) is 7.06. The fourth-order valence-corrected chi connectivity index (χ4v) is 5.94. The molecule has 0 saturated carbocycles. The van der Waals surface area contributed by atoms with Gasteiger partial charge in [-0.3, -0.25) is 0 Å². The van der Waals surface area contributed by atoms with Gasteiger partial charge in [0.2, 0.25) is 0 Å². The van der Waals surface area contributed by atoms with E-state index in [1.54, 1.807) is 11.8 Å². The molecule has 4 nitrogen and oxygen atoms in total. The Morgan fingerprint density at radius 3 is 2.05 bits per heavy atom. The molecule has 0 fully saturated rings. The summed E-state index contributed by atoms with van der Waals surface area (Å²) in [4.78, 5) is 1.10. The summed E-state index contributed by atoms with van der Waals surface area (Å²) in [6.45, 7) is 7.77. The summed E-state index contributed by atoms with van der Waals surface area (Å²) in [7, 11) is -2.53. The van der Waals surface area contributed by atoms with E-state index in [0.29, 0.717) is 19.8 Å². The van der Waals surface area contributed by atoms with Crippen LogP contribution in [0.25, 0.3) is 0 Å². The van der Waals surface area contributed by atoms with E-state index in [1.807, 2.05) is 45.0 Å². The second-order valence-corrected chi connectivity index (χ2v) is 7.99. The lowest BCUT2D eigenvalue weighted by Gasteiger charge is -2.28. The minimum atomic E-state index is -2.53. The Morgan fingerprint density at radius 2 is 1.55 bits per heavy atom. The third kappa shape index (κ3) is 5.45.